The molecule has 1 heterocycles. The monoisotopic (exact) mass is 231 g/mol. The van der Waals surface area contributed by atoms with E-state index in [9.17, 15) is 4.79 Å². The number of rotatable bonds is 3. The van der Waals surface area contributed by atoms with Crippen LogP contribution in [0.5, 0.6) is 0 Å². The minimum absolute atomic E-state index is 0.416. The number of anilines is 1. The number of hydrogen-bond acceptors (Lipinski definition) is 3. The number of nitrogens with zero attached hydrogens (tertiary/aromatic N) is 2. The maximum atomic E-state index is 11.2. The van der Waals surface area contributed by atoms with Crippen LogP contribution in [0.15, 0.2) is 43.0 Å². The molecule has 1 aromatic carbocycles. The van der Waals surface area contributed by atoms with Crippen molar-refractivity contribution in [1.82, 2.24) is 9.55 Å². The number of hydrogen-bond donors (Lipinski definition) is 2. The molecule has 0 saturated carbocycles. The summed E-state index contributed by atoms with van der Waals surface area (Å²) < 4.78 is 1.86. The quantitative estimate of drug-likeness (QED) is 0.833. The highest BCUT2D eigenvalue weighted by atomic mass is 16.3. The van der Waals surface area contributed by atoms with Crippen LogP contribution in [0.2, 0.25) is 0 Å². The van der Waals surface area contributed by atoms with E-state index in [1.54, 1.807) is 24.7 Å². The van der Waals surface area contributed by atoms with Crippen molar-refractivity contribution in [1.29, 1.82) is 0 Å². The van der Waals surface area contributed by atoms with Gasteiger partial charge in [-0.2, -0.15) is 0 Å². The Morgan fingerprint density at radius 3 is 2.65 bits per heavy atom. The number of benzene rings is 1. The minimum Gasteiger partial charge on any atom is -0.384 e. The predicted octanol–water partition coefficient (Wildman–Crippen LogP) is 1.19. The molecular formula is C12H13N3O2. The third kappa shape index (κ3) is 2.70. The molecule has 0 aliphatic heterocycles. The Bertz CT molecular complexity index is 489. The molecule has 2 rings (SSSR count). The molecule has 0 aliphatic rings. The summed E-state index contributed by atoms with van der Waals surface area (Å²) >= 11 is 0. The second-order valence-electron chi connectivity index (χ2n) is 3.68. The zero-order chi connectivity index (χ0) is 12.3. The van der Waals surface area contributed by atoms with E-state index in [0.29, 0.717) is 5.69 Å². The topological polar surface area (TPSA) is 67.2 Å². The summed E-state index contributed by atoms with van der Waals surface area (Å²) in [6, 6.07) is 7.27. The van der Waals surface area contributed by atoms with Crippen LogP contribution < -0.4 is 5.32 Å². The summed E-state index contributed by atoms with van der Waals surface area (Å²) in [5.41, 5.74) is 1.61. The van der Waals surface area contributed by atoms with Gasteiger partial charge in [0.25, 0.3) is 5.91 Å². The first-order chi connectivity index (χ1) is 8.16. The summed E-state index contributed by atoms with van der Waals surface area (Å²) in [7, 11) is 0. The van der Waals surface area contributed by atoms with Crippen molar-refractivity contribution in [3.05, 3.63) is 43.0 Å². The largest absolute Gasteiger partial charge is 0.384 e. The number of nitrogens with one attached hydrogen (secondary N) is 1. The van der Waals surface area contributed by atoms with Crippen LogP contribution in [-0.4, -0.2) is 26.7 Å². The van der Waals surface area contributed by atoms with Crippen molar-refractivity contribution in [3.63, 3.8) is 0 Å². The highest BCUT2D eigenvalue weighted by Gasteiger charge is 2.08. The summed E-state index contributed by atoms with van der Waals surface area (Å²) in [5.74, 6) is -0.416. The molecule has 0 radical (unpaired) electrons. The molecule has 5 nitrogen and oxygen atoms in total. The number of aliphatic hydroxyl groups excluding tert-OH is 1. The highest BCUT2D eigenvalue weighted by molar-refractivity contribution is 5.93. The average Bonchev–Trinajstić information content (AvgIpc) is 2.83. The third-order valence-electron chi connectivity index (χ3n) is 2.32. The minimum atomic E-state index is -1.01. The Hall–Kier alpha value is -2.14. The van der Waals surface area contributed by atoms with Crippen LogP contribution in [0.4, 0.5) is 5.69 Å². The molecule has 0 fully saturated rings. The van der Waals surface area contributed by atoms with Crippen molar-refractivity contribution in [2.45, 2.75) is 13.0 Å². The van der Waals surface area contributed by atoms with Crippen LogP contribution in [0.3, 0.4) is 0 Å². The lowest BCUT2D eigenvalue weighted by atomic mass is 10.2. The molecule has 1 unspecified atom stereocenters. The molecule has 88 valence electrons. The average molecular weight is 231 g/mol. The van der Waals surface area contributed by atoms with E-state index in [4.69, 9.17) is 5.11 Å². The Balaban J connectivity index is 2.11. The Labute approximate surface area is 98.7 Å². The molecule has 2 aromatic rings. The van der Waals surface area contributed by atoms with Gasteiger partial charge >= 0.3 is 0 Å². The molecule has 5 heteroatoms. The summed E-state index contributed by atoms with van der Waals surface area (Å²) in [6.45, 7) is 1.43. The third-order valence-corrected chi connectivity index (χ3v) is 2.32. The molecule has 0 bridgehead atoms. The SMILES string of the molecule is CC(O)C(=O)Nc1ccc(-n2ccnc2)cc1. The fourth-order valence-corrected chi connectivity index (χ4v) is 1.38. The van der Waals surface area contributed by atoms with Gasteiger partial charge < -0.3 is 15.0 Å². The van der Waals surface area contributed by atoms with Crippen molar-refractivity contribution in [2.24, 2.45) is 0 Å². The van der Waals surface area contributed by atoms with Crippen LogP contribution in [0.25, 0.3) is 5.69 Å². The van der Waals surface area contributed by atoms with Crippen molar-refractivity contribution >= 4 is 11.6 Å². The first kappa shape index (κ1) is 11.3. The molecule has 17 heavy (non-hydrogen) atoms. The molecule has 0 saturated heterocycles. The Morgan fingerprint density at radius 2 is 2.12 bits per heavy atom. The van der Waals surface area contributed by atoms with Gasteiger partial charge in [0.15, 0.2) is 0 Å². The van der Waals surface area contributed by atoms with Gasteiger partial charge in [0.05, 0.1) is 6.33 Å². The summed E-state index contributed by atoms with van der Waals surface area (Å²) in [5, 5.41) is 11.7. The highest BCUT2D eigenvalue weighted by Crippen LogP contribution is 2.13. The molecule has 2 N–H and O–H groups in total. The van der Waals surface area contributed by atoms with E-state index in [2.05, 4.69) is 10.3 Å². The second kappa shape index (κ2) is 4.80. The zero-order valence-electron chi connectivity index (χ0n) is 9.37. The van der Waals surface area contributed by atoms with E-state index in [0.717, 1.165) is 5.69 Å². The fourth-order valence-electron chi connectivity index (χ4n) is 1.38. The Kier molecular flexibility index (Phi) is 3.20. The number of aliphatic hydroxyl groups is 1. The van der Waals surface area contributed by atoms with Gasteiger partial charge in [0.1, 0.15) is 6.10 Å². The van der Waals surface area contributed by atoms with Gasteiger partial charge in [-0.15, -0.1) is 0 Å². The number of aromatic nitrogens is 2. The zero-order valence-corrected chi connectivity index (χ0v) is 9.37. The lowest BCUT2D eigenvalue weighted by Crippen LogP contribution is -2.24. The van der Waals surface area contributed by atoms with E-state index in [-0.39, 0.29) is 0 Å². The Morgan fingerprint density at radius 1 is 1.41 bits per heavy atom. The molecule has 0 spiro atoms. The van der Waals surface area contributed by atoms with Crippen molar-refractivity contribution in [2.75, 3.05) is 5.32 Å². The second-order valence-corrected chi connectivity index (χ2v) is 3.68. The van der Waals surface area contributed by atoms with Gasteiger partial charge in [-0.05, 0) is 31.2 Å². The lowest BCUT2D eigenvalue weighted by molar-refractivity contribution is -0.123. The van der Waals surface area contributed by atoms with E-state index < -0.39 is 12.0 Å². The predicted molar refractivity (Wildman–Crippen MR) is 63.9 cm³/mol. The molecule has 1 atom stereocenters. The fraction of sp³-hybridized carbons (Fsp3) is 0.167. The maximum Gasteiger partial charge on any atom is 0.252 e. The smallest absolute Gasteiger partial charge is 0.252 e. The molecule has 1 aromatic heterocycles. The van der Waals surface area contributed by atoms with Crippen LogP contribution in [0, 0.1) is 0 Å². The van der Waals surface area contributed by atoms with E-state index in [1.165, 1.54) is 6.92 Å². The number of amides is 1. The van der Waals surface area contributed by atoms with Crippen molar-refractivity contribution in [3.8, 4) is 5.69 Å². The van der Waals surface area contributed by atoms with E-state index >= 15 is 0 Å². The molecular weight excluding hydrogens is 218 g/mol. The van der Waals surface area contributed by atoms with Gasteiger partial charge in [-0.3, -0.25) is 4.79 Å². The molecule has 0 aliphatic carbocycles. The van der Waals surface area contributed by atoms with Gasteiger partial charge in [-0.25, -0.2) is 4.98 Å². The normalized spacial score (nSPS) is 12.1. The van der Waals surface area contributed by atoms with Crippen LogP contribution in [0.1, 0.15) is 6.92 Å². The molecule has 1 amide bonds. The first-order valence-corrected chi connectivity index (χ1v) is 5.24. The number of carbonyl (C=O) groups excluding carboxylic acids is 1. The number of imidazole rings is 1. The number of carbonyl (C=O) groups is 1. The van der Waals surface area contributed by atoms with Gasteiger partial charge in [-0.1, -0.05) is 0 Å². The van der Waals surface area contributed by atoms with Gasteiger partial charge in [0.2, 0.25) is 0 Å². The van der Waals surface area contributed by atoms with Crippen molar-refractivity contribution < 1.29 is 9.90 Å². The van der Waals surface area contributed by atoms with E-state index in [1.807, 2.05) is 22.9 Å². The summed E-state index contributed by atoms with van der Waals surface area (Å²) in [6.07, 6.45) is 4.22. The standard InChI is InChI=1S/C12H13N3O2/c1-9(16)12(17)14-10-2-4-11(5-3-10)15-7-6-13-8-15/h2-9,16H,1H3,(H,14,17). The van der Waals surface area contributed by atoms with Crippen LogP contribution in [-0.2, 0) is 4.79 Å². The first-order valence-electron chi connectivity index (χ1n) is 5.24. The summed E-state index contributed by atoms with van der Waals surface area (Å²) in [4.78, 5) is 15.2. The maximum absolute atomic E-state index is 11.2. The van der Waals surface area contributed by atoms with Crippen LogP contribution >= 0.6 is 0 Å². The van der Waals surface area contributed by atoms with Gasteiger partial charge in [0, 0.05) is 23.8 Å². The lowest BCUT2D eigenvalue weighted by Gasteiger charge is -2.08.